The highest BCUT2D eigenvalue weighted by Gasteiger charge is 2.05. The zero-order chi connectivity index (χ0) is 14.0. The van der Waals surface area contributed by atoms with E-state index in [2.05, 4.69) is 46.7 Å². The Morgan fingerprint density at radius 2 is 1.65 bits per heavy atom. The van der Waals surface area contributed by atoms with E-state index in [4.69, 9.17) is 4.42 Å². The predicted molar refractivity (Wildman–Crippen MR) is 79.6 cm³/mol. The Hall–Kier alpha value is -1.68. The zero-order valence-corrected chi connectivity index (χ0v) is 12.1. The maximum atomic E-state index is 5.65. The number of hydrogen-bond acceptors (Lipinski definition) is 4. The van der Waals surface area contributed by atoms with Crippen LogP contribution >= 0.6 is 0 Å². The third kappa shape index (κ3) is 5.13. The Bertz CT molecular complexity index is 481. The van der Waals surface area contributed by atoms with Gasteiger partial charge in [-0.3, -0.25) is 0 Å². The van der Waals surface area contributed by atoms with Crippen LogP contribution in [0.4, 0.5) is 0 Å². The van der Waals surface area contributed by atoms with Gasteiger partial charge < -0.3 is 9.73 Å². The topological polar surface area (TPSA) is 51.0 Å². The van der Waals surface area contributed by atoms with Crippen molar-refractivity contribution in [3.05, 3.63) is 47.7 Å². The summed E-state index contributed by atoms with van der Waals surface area (Å²) >= 11 is 0. The standard InChI is InChI=1S/C16H23N3O/c1-2-17-13-7-12-16-19-18-15(20-16)11-6-10-14-8-4-3-5-9-14/h3-5,8-9,17H,2,6-7,10-13H2,1H3. The quantitative estimate of drug-likeness (QED) is 0.714. The van der Waals surface area contributed by atoms with E-state index in [0.717, 1.165) is 57.0 Å². The van der Waals surface area contributed by atoms with E-state index in [0.29, 0.717) is 0 Å². The van der Waals surface area contributed by atoms with Gasteiger partial charge in [-0.15, -0.1) is 10.2 Å². The molecule has 1 N–H and O–H groups in total. The summed E-state index contributed by atoms with van der Waals surface area (Å²) in [6.07, 6.45) is 4.86. The van der Waals surface area contributed by atoms with E-state index in [1.807, 2.05) is 6.07 Å². The highest BCUT2D eigenvalue weighted by atomic mass is 16.4. The molecule has 0 bridgehead atoms. The number of rotatable bonds is 9. The summed E-state index contributed by atoms with van der Waals surface area (Å²) in [6, 6.07) is 10.5. The van der Waals surface area contributed by atoms with E-state index < -0.39 is 0 Å². The average molecular weight is 273 g/mol. The van der Waals surface area contributed by atoms with Crippen LogP contribution in [0.2, 0.25) is 0 Å². The molecule has 1 aromatic heterocycles. The second-order valence-electron chi connectivity index (χ2n) is 4.89. The fraction of sp³-hybridized carbons (Fsp3) is 0.500. The zero-order valence-electron chi connectivity index (χ0n) is 12.1. The van der Waals surface area contributed by atoms with Crippen LogP contribution in [0.5, 0.6) is 0 Å². The van der Waals surface area contributed by atoms with Crippen LogP contribution in [0.25, 0.3) is 0 Å². The van der Waals surface area contributed by atoms with Crippen molar-refractivity contribution in [3.8, 4) is 0 Å². The van der Waals surface area contributed by atoms with Gasteiger partial charge >= 0.3 is 0 Å². The van der Waals surface area contributed by atoms with E-state index in [1.165, 1.54) is 5.56 Å². The fourth-order valence-electron chi connectivity index (χ4n) is 2.12. The molecule has 20 heavy (non-hydrogen) atoms. The smallest absolute Gasteiger partial charge is 0.216 e. The van der Waals surface area contributed by atoms with Crippen LogP contribution in [0.3, 0.4) is 0 Å². The van der Waals surface area contributed by atoms with Crippen LogP contribution < -0.4 is 5.32 Å². The molecular weight excluding hydrogens is 250 g/mol. The Morgan fingerprint density at radius 3 is 2.35 bits per heavy atom. The molecule has 4 heteroatoms. The number of benzene rings is 1. The van der Waals surface area contributed by atoms with Gasteiger partial charge in [0.15, 0.2) is 0 Å². The summed E-state index contributed by atoms with van der Waals surface area (Å²) < 4.78 is 5.65. The van der Waals surface area contributed by atoms with Gasteiger partial charge in [0.25, 0.3) is 0 Å². The number of aryl methyl sites for hydroxylation is 3. The molecule has 1 heterocycles. The molecule has 0 spiro atoms. The molecule has 0 aliphatic heterocycles. The van der Waals surface area contributed by atoms with Crippen molar-refractivity contribution in [2.75, 3.05) is 13.1 Å². The fourth-order valence-corrected chi connectivity index (χ4v) is 2.12. The van der Waals surface area contributed by atoms with Crippen LogP contribution in [0.1, 0.15) is 37.1 Å². The molecule has 108 valence electrons. The first kappa shape index (κ1) is 14.7. The highest BCUT2D eigenvalue weighted by Crippen LogP contribution is 2.08. The average Bonchev–Trinajstić information content (AvgIpc) is 2.93. The molecule has 2 rings (SSSR count). The third-order valence-corrected chi connectivity index (χ3v) is 3.20. The van der Waals surface area contributed by atoms with Crippen LogP contribution in [0.15, 0.2) is 34.7 Å². The first-order chi connectivity index (χ1) is 9.88. The van der Waals surface area contributed by atoms with E-state index in [1.54, 1.807) is 0 Å². The van der Waals surface area contributed by atoms with Gasteiger partial charge in [-0.25, -0.2) is 0 Å². The summed E-state index contributed by atoms with van der Waals surface area (Å²) in [5, 5.41) is 11.5. The van der Waals surface area contributed by atoms with Crippen molar-refractivity contribution >= 4 is 0 Å². The molecule has 0 saturated heterocycles. The maximum Gasteiger partial charge on any atom is 0.216 e. The van der Waals surface area contributed by atoms with Crippen molar-refractivity contribution in [2.24, 2.45) is 0 Å². The van der Waals surface area contributed by atoms with Crippen molar-refractivity contribution in [1.82, 2.24) is 15.5 Å². The first-order valence-electron chi connectivity index (χ1n) is 7.44. The molecule has 0 aliphatic carbocycles. The van der Waals surface area contributed by atoms with Gasteiger partial charge in [-0.05, 0) is 37.9 Å². The molecule has 0 atom stereocenters. The van der Waals surface area contributed by atoms with Crippen LogP contribution in [-0.2, 0) is 19.3 Å². The lowest BCUT2D eigenvalue weighted by Gasteiger charge is -1.99. The van der Waals surface area contributed by atoms with Gasteiger partial charge in [-0.1, -0.05) is 37.3 Å². The molecule has 0 amide bonds. The molecule has 0 saturated carbocycles. The molecule has 4 nitrogen and oxygen atoms in total. The van der Waals surface area contributed by atoms with Gasteiger partial charge in [0.05, 0.1) is 0 Å². The minimum absolute atomic E-state index is 0.762. The van der Waals surface area contributed by atoms with E-state index >= 15 is 0 Å². The monoisotopic (exact) mass is 273 g/mol. The minimum Gasteiger partial charge on any atom is -0.425 e. The lowest BCUT2D eigenvalue weighted by molar-refractivity contribution is 0.438. The molecule has 2 aromatic rings. The molecule has 0 fully saturated rings. The molecule has 0 unspecified atom stereocenters. The number of nitrogens with one attached hydrogen (secondary N) is 1. The van der Waals surface area contributed by atoms with Crippen LogP contribution in [-0.4, -0.2) is 23.3 Å². The molecule has 0 aliphatic rings. The predicted octanol–water partition coefficient (Wildman–Crippen LogP) is 2.79. The van der Waals surface area contributed by atoms with Gasteiger partial charge in [0, 0.05) is 12.8 Å². The lowest BCUT2D eigenvalue weighted by Crippen LogP contribution is -2.14. The number of aromatic nitrogens is 2. The Labute approximate surface area is 120 Å². The Balaban J connectivity index is 1.67. The highest BCUT2D eigenvalue weighted by molar-refractivity contribution is 5.14. The van der Waals surface area contributed by atoms with Crippen LogP contribution in [0, 0.1) is 0 Å². The van der Waals surface area contributed by atoms with Crippen molar-refractivity contribution in [3.63, 3.8) is 0 Å². The van der Waals surface area contributed by atoms with Crippen molar-refractivity contribution < 1.29 is 4.42 Å². The second kappa shape index (κ2) is 8.48. The minimum atomic E-state index is 0.762. The number of hydrogen-bond donors (Lipinski definition) is 1. The summed E-state index contributed by atoms with van der Waals surface area (Å²) in [7, 11) is 0. The normalized spacial score (nSPS) is 10.8. The summed E-state index contributed by atoms with van der Waals surface area (Å²) in [6.45, 7) is 4.12. The summed E-state index contributed by atoms with van der Waals surface area (Å²) in [5.41, 5.74) is 1.36. The maximum absolute atomic E-state index is 5.65. The van der Waals surface area contributed by atoms with E-state index in [-0.39, 0.29) is 0 Å². The Morgan fingerprint density at radius 1 is 0.950 bits per heavy atom. The molecular formula is C16H23N3O. The Kier molecular flexibility index (Phi) is 6.24. The lowest BCUT2D eigenvalue weighted by atomic mass is 10.1. The van der Waals surface area contributed by atoms with Gasteiger partial charge in [0.2, 0.25) is 11.8 Å². The van der Waals surface area contributed by atoms with E-state index in [9.17, 15) is 0 Å². The summed E-state index contributed by atoms with van der Waals surface area (Å²) in [5.74, 6) is 1.52. The van der Waals surface area contributed by atoms with Gasteiger partial charge in [0.1, 0.15) is 0 Å². The van der Waals surface area contributed by atoms with Crippen molar-refractivity contribution in [1.29, 1.82) is 0 Å². The first-order valence-corrected chi connectivity index (χ1v) is 7.44. The molecule has 0 radical (unpaired) electrons. The SMILES string of the molecule is CCNCCCc1nnc(CCCc2ccccc2)o1. The van der Waals surface area contributed by atoms with Crippen molar-refractivity contribution in [2.45, 2.75) is 39.0 Å². The summed E-state index contributed by atoms with van der Waals surface area (Å²) in [4.78, 5) is 0. The largest absolute Gasteiger partial charge is 0.425 e. The third-order valence-electron chi connectivity index (χ3n) is 3.20. The second-order valence-corrected chi connectivity index (χ2v) is 4.89. The molecule has 1 aromatic carbocycles. The number of nitrogens with zero attached hydrogens (tertiary/aromatic N) is 2. The van der Waals surface area contributed by atoms with Gasteiger partial charge in [-0.2, -0.15) is 0 Å².